The number of hydrogen-bond donors (Lipinski definition) is 1. The van der Waals surface area contributed by atoms with E-state index in [4.69, 9.17) is 4.98 Å². The Labute approximate surface area is 243 Å². The number of anilines is 1. The summed E-state index contributed by atoms with van der Waals surface area (Å²) < 4.78 is 2.80. The van der Waals surface area contributed by atoms with E-state index in [1.165, 1.54) is 12.1 Å². The van der Waals surface area contributed by atoms with Gasteiger partial charge in [-0.05, 0) is 69.8 Å². The van der Waals surface area contributed by atoms with Crippen molar-refractivity contribution in [1.82, 2.24) is 14.9 Å². The Morgan fingerprint density at radius 1 is 1.08 bits per heavy atom. The Morgan fingerprint density at radius 2 is 1.75 bits per heavy atom. The van der Waals surface area contributed by atoms with E-state index >= 15 is 0 Å². The molecule has 1 atom stereocenters. The van der Waals surface area contributed by atoms with Crippen LogP contribution in [0.4, 0.5) is 11.5 Å². The van der Waals surface area contributed by atoms with Crippen molar-refractivity contribution in [1.29, 1.82) is 0 Å². The smallest absolute Gasteiger partial charge is 0.270 e. The largest absolute Gasteiger partial charge is 0.367 e. The molecule has 1 aromatic heterocycles. The van der Waals surface area contributed by atoms with Crippen molar-refractivity contribution in [2.45, 2.75) is 39.7 Å². The lowest BCUT2D eigenvalue weighted by Gasteiger charge is -2.20. The van der Waals surface area contributed by atoms with E-state index in [2.05, 4.69) is 83.8 Å². The molecular formula is C25H29Br3ClN5O2. The molecule has 1 N–H and O–H groups in total. The first-order valence-electron chi connectivity index (χ1n) is 11.5. The van der Waals surface area contributed by atoms with Crippen molar-refractivity contribution in [2.75, 3.05) is 25.0 Å². The van der Waals surface area contributed by atoms with Crippen LogP contribution in [0.15, 0.2) is 43.7 Å². The molecule has 0 radical (unpaired) electrons. The molecule has 0 saturated heterocycles. The average molecular weight is 707 g/mol. The predicted molar refractivity (Wildman–Crippen MR) is 162 cm³/mol. The van der Waals surface area contributed by atoms with Crippen LogP contribution in [0.2, 0.25) is 0 Å². The highest BCUT2D eigenvalue weighted by atomic mass is 79.9. The van der Waals surface area contributed by atoms with Crippen molar-refractivity contribution >= 4 is 94.8 Å². The first-order valence-corrected chi connectivity index (χ1v) is 13.9. The summed E-state index contributed by atoms with van der Waals surface area (Å²) >= 11 is 10.7. The second-order valence-corrected chi connectivity index (χ2v) is 10.8. The lowest BCUT2D eigenvalue weighted by molar-refractivity contribution is -0.384. The number of aromatic nitrogens is 2. The van der Waals surface area contributed by atoms with Crippen LogP contribution in [0.5, 0.6) is 0 Å². The molecule has 0 spiro atoms. The molecule has 3 rings (SSSR count). The maximum atomic E-state index is 11.4. The van der Waals surface area contributed by atoms with Gasteiger partial charge in [-0.25, -0.2) is 9.97 Å². The number of rotatable bonds is 11. The second-order valence-electron chi connectivity index (χ2n) is 8.22. The van der Waals surface area contributed by atoms with Crippen molar-refractivity contribution in [3.63, 3.8) is 0 Å². The van der Waals surface area contributed by atoms with Crippen molar-refractivity contribution in [3.05, 3.63) is 65.3 Å². The van der Waals surface area contributed by atoms with Crippen LogP contribution in [-0.2, 0) is 0 Å². The number of benzene rings is 2. The number of fused-ring (bicyclic) bond motifs is 1. The molecule has 7 nitrogen and oxygen atoms in total. The van der Waals surface area contributed by atoms with Gasteiger partial charge in [0.2, 0.25) is 0 Å². The third-order valence-corrected chi connectivity index (χ3v) is 7.51. The molecule has 0 bridgehead atoms. The highest BCUT2D eigenvalue weighted by Crippen LogP contribution is 2.32. The van der Waals surface area contributed by atoms with Crippen LogP contribution in [0.3, 0.4) is 0 Å². The Kier molecular flexibility index (Phi) is 12.2. The zero-order valence-electron chi connectivity index (χ0n) is 20.3. The molecule has 1 unspecified atom stereocenters. The molecule has 11 heteroatoms. The third-order valence-electron chi connectivity index (χ3n) is 5.74. The summed E-state index contributed by atoms with van der Waals surface area (Å²) in [5.41, 5.74) is 1.63. The molecule has 1 heterocycles. The van der Waals surface area contributed by atoms with Crippen LogP contribution >= 0.6 is 60.2 Å². The van der Waals surface area contributed by atoms with Gasteiger partial charge in [0.05, 0.1) is 10.4 Å². The van der Waals surface area contributed by atoms with E-state index in [1.807, 2.05) is 24.3 Å². The summed E-state index contributed by atoms with van der Waals surface area (Å²) in [7, 11) is 0. The standard InChI is InChI=1S/C25H28Br3N5O2.ClH/c1-4-32(5-2)12-6-7-16(3)29-25-20-15-18(33(34)35)8-10-23(20)30-24(31-25)11-9-19-21(27)13-17(26)14-22(19)28;/h8-11,13-16H,4-7,12H2,1-3H3,(H,29,30,31);1H/b11-9+;. The van der Waals surface area contributed by atoms with Crippen molar-refractivity contribution < 1.29 is 4.92 Å². The fourth-order valence-corrected chi connectivity index (χ4v) is 6.29. The van der Waals surface area contributed by atoms with Gasteiger partial charge in [0.15, 0.2) is 5.82 Å². The molecular weight excluding hydrogens is 677 g/mol. The molecule has 2 aromatic carbocycles. The van der Waals surface area contributed by atoms with E-state index in [0.717, 1.165) is 51.5 Å². The minimum absolute atomic E-state index is 0. The molecule has 0 aliphatic rings. The number of hydrogen-bond acceptors (Lipinski definition) is 6. The minimum Gasteiger partial charge on any atom is -0.367 e. The summed E-state index contributed by atoms with van der Waals surface area (Å²) in [6.45, 7) is 9.58. The number of nitro benzene ring substituents is 1. The third kappa shape index (κ3) is 8.21. The molecule has 0 fully saturated rings. The van der Waals surface area contributed by atoms with E-state index in [1.54, 1.807) is 6.07 Å². The fraction of sp³-hybridized carbons (Fsp3) is 0.360. The quantitative estimate of drug-likeness (QED) is 0.160. The van der Waals surface area contributed by atoms with Crippen LogP contribution in [0.1, 0.15) is 45.0 Å². The van der Waals surface area contributed by atoms with Gasteiger partial charge in [-0.1, -0.05) is 61.6 Å². The summed E-state index contributed by atoms with van der Waals surface area (Å²) in [6.07, 6.45) is 5.79. The van der Waals surface area contributed by atoms with Gasteiger partial charge in [0.1, 0.15) is 5.82 Å². The van der Waals surface area contributed by atoms with Gasteiger partial charge in [-0.2, -0.15) is 0 Å². The highest BCUT2D eigenvalue weighted by Gasteiger charge is 2.15. The SMILES string of the molecule is CCN(CC)CCCC(C)Nc1nc(/C=C/c2c(Br)cc(Br)cc2Br)nc2ccc([N+](=O)[O-])cc12.Cl. The zero-order valence-corrected chi connectivity index (χ0v) is 25.9. The molecule has 36 heavy (non-hydrogen) atoms. The lowest BCUT2D eigenvalue weighted by atomic mass is 10.1. The zero-order chi connectivity index (χ0) is 25.5. The molecule has 0 amide bonds. The topological polar surface area (TPSA) is 84.2 Å². The maximum absolute atomic E-state index is 11.4. The summed E-state index contributed by atoms with van der Waals surface area (Å²) in [6, 6.07) is 8.77. The van der Waals surface area contributed by atoms with E-state index in [9.17, 15) is 10.1 Å². The fourth-order valence-electron chi connectivity index (χ4n) is 3.77. The second kappa shape index (κ2) is 14.4. The van der Waals surface area contributed by atoms with Gasteiger partial charge >= 0.3 is 0 Å². The van der Waals surface area contributed by atoms with Gasteiger partial charge in [0.25, 0.3) is 5.69 Å². The average Bonchev–Trinajstić information content (AvgIpc) is 2.81. The Hall–Kier alpha value is -1.59. The van der Waals surface area contributed by atoms with Gasteiger partial charge < -0.3 is 10.2 Å². The number of nitrogens with one attached hydrogen (secondary N) is 1. The Bertz CT molecular complexity index is 1210. The van der Waals surface area contributed by atoms with Crippen molar-refractivity contribution in [2.24, 2.45) is 0 Å². The van der Waals surface area contributed by atoms with E-state index < -0.39 is 4.92 Å². The van der Waals surface area contributed by atoms with Crippen LogP contribution in [0, 0.1) is 10.1 Å². The first kappa shape index (κ1) is 30.6. The molecule has 194 valence electrons. The van der Waals surface area contributed by atoms with Crippen molar-refractivity contribution in [3.8, 4) is 0 Å². The molecule has 3 aromatic rings. The van der Waals surface area contributed by atoms with Gasteiger partial charge in [-0.3, -0.25) is 10.1 Å². The summed E-state index contributed by atoms with van der Waals surface area (Å²) in [5.74, 6) is 1.12. The first-order chi connectivity index (χ1) is 16.7. The Balaban J connectivity index is 0.00000456. The Morgan fingerprint density at radius 3 is 2.36 bits per heavy atom. The highest BCUT2D eigenvalue weighted by molar-refractivity contribution is 9.11. The van der Waals surface area contributed by atoms with Crippen LogP contribution in [-0.4, -0.2) is 45.5 Å². The summed E-state index contributed by atoms with van der Waals surface area (Å²) in [5, 5.41) is 15.5. The maximum Gasteiger partial charge on any atom is 0.270 e. The number of nitrogens with zero attached hydrogens (tertiary/aromatic N) is 4. The number of nitro groups is 1. The molecule has 0 aliphatic carbocycles. The number of halogens is 4. The monoisotopic (exact) mass is 703 g/mol. The van der Waals surface area contributed by atoms with Gasteiger partial charge in [-0.15, -0.1) is 12.4 Å². The lowest BCUT2D eigenvalue weighted by Crippen LogP contribution is -2.25. The predicted octanol–water partition coefficient (Wildman–Crippen LogP) is 8.34. The molecule has 0 aliphatic heterocycles. The minimum atomic E-state index is -0.396. The van der Waals surface area contributed by atoms with E-state index in [-0.39, 0.29) is 24.1 Å². The van der Waals surface area contributed by atoms with Gasteiger partial charge in [0, 0.05) is 42.5 Å². The normalized spacial score (nSPS) is 12.2. The van der Waals surface area contributed by atoms with Crippen LogP contribution < -0.4 is 5.32 Å². The number of non-ortho nitro benzene ring substituents is 1. The molecule has 0 saturated carbocycles. The van der Waals surface area contributed by atoms with E-state index in [0.29, 0.717) is 22.5 Å². The van der Waals surface area contributed by atoms with Crippen LogP contribution in [0.25, 0.3) is 23.1 Å². The summed E-state index contributed by atoms with van der Waals surface area (Å²) in [4.78, 5) is 22.7.